The Morgan fingerprint density at radius 1 is 1.05 bits per heavy atom. The molecule has 2 saturated heterocycles. The number of piperidine rings is 2. The van der Waals surface area contributed by atoms with Gasteiger partial charge in [-0.05, 0) is 63.3 Å². The zero-order chi connectivity index (χ0) is 28.6. The number of nitrogens with zero attached hydrogens (tertiary/aromatic N) is 6. The van der Waals surface area contributed by atoms with Crippen LogP contribution < -0.4 is 0 Å². The van der Waals surface area contributed by atoms with Crippen LogP contribution in [0.4, 0.5) is 8.78 Å². The molecule has 3 aromatic heterocycles. The number of likely N-dealkylation sites (tertiary alicyclic amines) is 2. The average molecular weight is 563 g/mol. The number of furan rings is 1. The molecular formula is C31H36F2N6O2. The van der Waals surface area contributed by atoms with Crippen molar-refractivity contribution in [3.05, 3.63) is 72.1 Å². The van der Waals surface area contributed by atoms with Crippen LogP contribution >= 0.6 is 0 Å². The van der Waals surface area contributed by atoms with Gasteiger partial charge in [0, 0.05) is 57.3 Å². The third-order valence-corrected chi connectivity index (χ3v) is 8.26. The summed E-state index contributed by atoms with van der Waals surface area (Å²) in [6.07, 6.45) is 3.38. The molecule has 1 amide bonds. The van der Waals surface area contributed by atoms with Crippen molar-refractivity contribution in [3.63, 3.8) is 0 Å². The van der Waals surface area contributed by atoms with E-state index in [1.165, 1.54) is 12.1 Å². The highest BCUT2D eigenvalue weighted by Gasteiger charge is 2.45. The van der Waals surface area contributed by atoms with Gasteiger partial charge in [-0.1, -0.05) is 6.07 Å². The molecule has 0 unspecified atom stereocenters. The Bertz CT molecular complexity index is 1500. The van der Waals surface area contributed by atoms with Gasteiger partial charge in [0.05, 0.1) is 24.1 Å². The second kappa shape index (κ2) is 11.3. The highest BCUT2D eigenvalue weighted by atomic mass is 19.1. The summed E-state index contributed by atoms with van der Waals surface area (Å²) in [6.45, 7) is 3.29. The molecule has 0 N–H and O–H groups in total. The molecule has 2 aliphatic heterocycles. The number of halogens is 2. The van der Waals surface area contributed by atoms with Crippen molar-refractivity contribution in [2.45, 2.75) is 50.5 Å². The van der Waals surface area contributed by atoms with E-state index in [1.807, 2.05) is 49.3 Å². The third kappa shape index (κ3) is 5.76. The van der Waals surface area contributed by atoms with Crippen LogP contribution in [-0.4, -0.2) is 81.1 Å². The van der Waals surface area contributed by atoms with E-state index in [0.717, 1.165) is 23.6 Å². The van der Waals surface area contributed by atoms with Crippen LogP contribution in [0, 0.1) is 5.82 Å². The summed E-state index contributed by atoms with van der Waals surface area (Å²) in [4.78, 5) is 28.5. The first-order valence-corrected chi connectivity index (χ1v) is 14.3. The quantitative estimate of drug-likeness (QED) is 0.314. The molecule has 1 aromatic carbocycles. The fraction of sp³-hybridized carbons (Fsp3) is 0.452. The minimum absolute atomic E-state index is 0.0367. The normalized spacial score (nSPS) is 18.4. The van der Waals surface area contributed by atoms with Crippen LogP contribution in [0.3, 0.4) is 0 Å². The maximum atomic E-state index is 16.0. The fourth-order valence-corrected chi connectivity index (χ4v) is 6.13. The summed E-state index contributed by atoms with van der Waals surface area (Å²) in [6, 6.07) is 14.3. The number of carbonyl (C=O) groups excluding carboxylic acids is 1. The third-order valence-electron chi connectivity index (χ3n) is 8.26. The van der Waals surface area contributed by atoms with E-state index in [9.17, 15) is 9.18 Å². The SMILES string of the molecule is CN(C)Cc1ccc(CN2CCC(F)(C(=O)N3CCC(n4c(-c5ccccn5)nc5cc(F)ccc54)CC3)CC2)o1. The summed E-state index contributed by atoms with van der Waals surface area (Å²) >= 11 is 0. The fourth-order valence-electron chi connectivity index (χ4n) is 6.13. The molecule has 10 heteroatoms. The average Bonchev–Trinajstić information content (AvgIpc) is 3.57. The number of hydrogen-bond donors (Lipinski definition) is 0. The van der Waals surface area contributed by atoms with E-state index in [1.54, 1.807) is 17.2 Å². The molecule has 2 aliphatic rings. The Hall–Kier alpha value is -3.63. The largest absolute Gasteiger partial charge is 0.463 e. The number of carbonyl (C=O) groups is 1. The van der Waals surface area contributed by atoms with Crippen molar-refractivity contribution in [1.82, 2.24) is 29.2 Å². The Balaban J connectivity index is 1.10. The summed E-state index contributed by atoms with van der Waals surface area (Å²) in [7, 11) is 3.99. The van der Waals surface area contributed by atoms with Crippen molar-refractivity contribution >= 4 is 16.9 Å². The molecule has 0 radical (unpaired) electrons. The van der Waals surface area contributed by atoms with E-state index in [4.69, 9.17) is 9.40 Å². The molecule has 216 valence electrons. The van der Waals surface area contributed by atoms with E-state index < -0.39 is 11.6 Å². The van der Waals surface area contributed by atoms with Gasteiger partial charge in [-0.15, -0.1) is 0 Å². The van der Waals surface area contributed by atoms with Gasteiger partial charge in [0.25, 0.3) is 5.91 Å². The summed E-state index contributed by atoms with van der Waals surface area (Å²) < 4.78 is 38.0. The van der Waals surface area contributed by atoms with E-state index in [2.05, 4.69) is 14.5 Å². The van der Waals surface area contributed by atoms with Gasteiger partial charge in [0.1, 0.15) is 23.0 Å². The number of alkyl halides is 1. The number of fused-ring (bicyclic) bond motifs is 1. The lowest BCUT2D eigenvalue weighted by Crippen LogP contribution is -2.53. The van der Waals surface area contributed by atoms with Gasteiger partial charge in [-0.3, -0.25) is 14.7 Å². The minimum atomic E-state index is -1.85. The first kappa shape index (κ1) is 27.5. The Labute approximate surface area is 238 Å². The van der Waals surface area contributed by atoms with Gasteiger partial charge in [-0.25, -0.2) is 13.8 Å². The predicted molar refractivity (Wildman–Crippen MR) is 152 cm³/mol. The number of benzene rings is 1. The van der Waals surface area contributed by atoms with E-state index >= 15 is 4.39 Å². The summed E-state index contributed by atoms with van der Waals surface area (Å²) in [5.74, 6) is 1.71. The van der Waals surface area contributed by atoms with Gasteiger partial charge < -0.3 is 18.8 Å². The van der Waals surface area contributed by atoms with Crippen LogP contribution in [-0.2, 0) is 17.9 Å². The lowest BCUT2D eigenvalue weighted by atomic mass is 9.90. The number of rotatable bonds is 7. The second-order valence-electron chi connectivity index (χ2n) is 11.5. The molecule has 0 aliphatic carbocycles. The first-order valence-electron chi connectivity index (χ1n) is 14.3. The number of aromatic nitrogens is 3. The number of amides is 1. The van der Waals surface area contributed by atoms with Gasteiger partial charge in [0.15, 0.2) is 11.5 Å². The highest BCUT2D eigenvalue weighted by Crippen LogP contribution is 2.35. The van der Waals surface area contributed by atoms with Gasteiger partial charge in [0.2, 0.25) is 0 Å². The van der Waals surface area contributed by atoms with Crippen LogP contribution in [0.2, 0.25) is 0 Å². The lowest BCUT2D eigenvalue weighted by Gasteiger charge is -2.40. The molecule has 6 rings (SSSR count). The lowest BCUT2D eigenvalue weighted by molar-refractivity contribution is -0.149. The Morgan fingerprint density at radius 2 is 1.80 bits per heavy atom. The summed E-state index contributed by atoms with van der Waals surface area (Å²) in [5, 5.41) is 0. The Kier molecular flexibility index (Phi) is 7.61. The van der Waals surface area contributed by atoms with E-state index in [-0.39, 0.29) is 24.7 Å². The van der Waals surface area contributed by atoms with Crippen molar-refractivity contribution in [3.8, 4) is 11.5 Å². The van der Waals surface area contributed by atoms with Gasteiger partial charge >= 0.3 is 0 Å². The molecule has 41 heavy (non-hydrogen) atoms. The molecule has 8 nitrogen and oxygen atoms in total. The van der Waals surface area contributed by atoms with Gasteiger partial charge in [-0.2, -0.15) is 0 Å². The summed E-state index contributed by atoms with van der Waals surface area (Å²) in [5.41, 5.74) is 0.264. The van der Waals surface area contributed by atoms with Crippen LogP contribution in [0.25, 0.3) is 22.6 Å². The predicted octanol–water partition coefficient (Wildman–Crippen LogP) is 5.06. The standard InChI is InChI=1S/C31H36F2N6O2/c1-36(2)20-24-7-8-25(41-24)21-37-17-12-31(33,13-18-37)30(40)38-15-10-23(11-16-38)39-28-9-6-22(32)19-27(28)35-29(39)26-5-3-4-14-34-26/h3-9,14,19,23H,10-13,15-18,20-21H2,1-2H3. The molecule has 2 fully saturated rings. The van der Waals surface area contributed by atoms with Crippen LogP contribution in [0.15, 0.2) is 59.1 Å². The molecule has 0 saturated carbocycles. The molecule has 5 heterocycles. The van der Waals surface area contributed by atoms with Crippen molar-refractivity contribution in [1.29, 1.82) is 0 Å². The number of pyridine rings is 1. The smallest absolute Gasteiger partial charge is 0.260 e. The van der Waals surface area contributed by atoms with Crippen molar-refractivity contribution in [2.75, 3.05) is 40.3 Å². The highest BCUT2D eigenvalue weighted by molar-refractivity contribution is 5.85. The van der Waals surface area contributed by atoms with Crippen LogP contribution in [0.5, 0.6) is 0 Å². The molecule has 0 bridgehead atoms. The zero-order valence-electron chi connectivity index (χ0n) is 23.6. The van der Waals surface area contributed by atoms with E-state index in [0.29, 0.717) is 62.6 Å². The molecular weight excluding hydrogens is 526 g/mol. The second-order valence-corrected chi connectivity index (χ2v) is 11.5. The van der Waals surface area contributed by atoms with Crippen molar-refractivity contribution < 1.29 is 18.0 Å². The zero-order valence-corrected chi connectivity index (χ0v) is 23.6. The minimum Gasteiger partial charge on any atom is -0.463 e. The molecule has 0 spiro atoms. The maximum absolute atomic E-state index is 16.0. The van der Waals surface area contributed by atoms with Crippen molar-refractivity contribution in [2.24, 2.45) is 0 Å². The molecule has 4 aromatic rings. The Morgan fingerprint density at radius 3 is 2.51 bits per heavy atom. The monoisotopic (exact) mass is 562 g/mol. The number of hydrogen-bond acceptors (Lipinski definition) is 6. The topological polar surface area (TPSA) is 70.6 Å². The number of imidazole rings is 1. The first-order chi connectivity index (χ1) is 19.8. The molecule has 0 atom stereocenters. The van der Waals surface area contributed by atoms with Crippen LogP contribution in [0.1, 0.15) is 43.2 Å². The maximum Gasteiger partial charge on any atom is 0.260 e.